The Kier molecular flexibility index (Phi) is 7.51. The third-order valence-electron chi connectivity index (χ3n) is 3.84. The van der Waals surface area contributed by atoms with Crippen LogP contribution in [0.5, 0.6) is 11.5 Å². The first-order valence-electron chi connectivity index (χ1n) is 7.83. The van der Waals surface area contributed by atoms with Crippen LogP contribution in [0.15, 0.2) is 24.3 Å². The molecule has 0 saturated carbocycles. The number of halogens is 1. The zero-order valence-electron chi connectivity index (χ0n) is 14.4. The Morgan fingerprint density at radius 2 is 1.88 bits per heavy atom. The third-order valence-corrected chi connectivity index (χ3v) is 3.84. The molecule has 0 spiro atoms. The number of pyridine rings is 1. The van der Waals surface area contributed by atoms with Gasteiger partial charge in [0.25, 0.3) is 5.91 Å². The fourth-order valence-corrected chi connectivity index (χ4v) is 2.68. The normalized spacial score (nSPS) is 10.2. The second-order valence-electron chi connectivity index (χ2n) is 5.81. The topological polar surface area (TPSA) is 111 Å². The SMILES string of the molecule is COc1cc(CCCCc2cc(C)cc(N)n2)c(O)c(C(N)=O)c1.Cl. The highest BCUT2D eigenvalue weighted by Gasteiger charge is 2.14. The van der Waals surface area contributed by atoms with Crippen LogP contribution in [0.3, 0.4) is 0 Å². The minimum Gasteiger partial charge on any atom is -0.507 e. The van der Waals surface area contributed by atoms with Crippen molar-refractivity contribution in [1.82, 2.24) is 4.98 Å². The number of rotatable bonds is 7. The molecule has 1 amide bonds. The molecule has 0 fully saturated rings. The van der Waals surface area contributed by atoms with Gasteiger partial charge < -0.3 is 21.3 Å². The Bertz CT molecular complexity index is 730. The quantitative estimate of drug-likeness (QED) is 0.653. The summed E-state index contributed by atoms with van der Waals surface area (Å²) in [5, 5.41) is 10.2. The van der Waals surface area contributed by atoms with E-state index in [0.29, 0.717) is 23.6 Å². The van der Waals surface area contributed by atoms with E-state index in [1.54, 1.807) is 6.07 Å². The summed E-state index contributed by atoms with van der Waals surface area (Å²) in [6, 6.07) is 7.03. The number of anilines is 1. The summed E-state index contributed by atoms with van der Waals surface area (Å²) in [6.45, 7) is 1.99. The Labute approximate surface area is 153 Å². The number of carbonyl (C=O) groups is 1. The second kappa shape index (κ2) is 9.13. The molecule has 5 N–H and O–H groups in total. The lowest BCUT2D eigenvalue weighted by Gasteiger charge is -2.11. The van der Waals surface area contributed by atoms with E-state index in [1.807, 2.05) is 19.1 Å². The number of phenols is 1. The van der Waals surface area contributed by atoms with Crippen molar-refractivity contribution in [2.24, 2.45) is 5.73 Å². The molecule has 0 aliphatic rings. The van der Waals surface area contributed by atoms with Crippen LogP contribution < -0.4 is 16.2 Å². The van der Waals surface area contributed by atoms with E-state index in [9.17, 15) is 9.90 Å². The summed E-state index contributed by atoms with van der Waals surface area (Å²) in [7, 11) is 1.51. The number of aromatic hydroxyl groups is 1. The van der Waals surface area contributed by atoms with Crippen molar-refractivity contribution in [1.29, 1.82) is 0 Å². The van der Waals surface area contributed by atoms with Crippen molar-refractivity contribution >= 4 is 24.1 Å². The highest BCUT2D eigenvalue weighted by molar-refractivity contribution is 5.96. The summed E-state index contributed by atoms with van der Waals surface area (Å²) in [5.74, 6) is 0.291. The highest BCUT2D eigenvalue weighted by atomic mass is 35.5. The van der Waals surface area contributed by atoms with Crippen LogP contribution in [0.4, 0.5) is 5.82 Å². The van der Waals surface area contributed by atoms with Gasteiger partial charge in [0.2, 0.25) is 0 Å². The number of amides is 1. The first kappa shape index (κ1) is 20.6. The summed E-state index contributed by atoms with van der Waals surface area (Å²) in [5.41, 5.74) is 13.8. The minimum atomic E-state index is -0.674. The van der Waals surface area contributed by atoms with Gasteiger partial charge in [0.1, 0.15) is 17.3 Å². The first-order valence-corrected chi connectivity index (χ1v) is 7.83. The predicted molar refractivity (Wildman–Crippen MR) is 100 cm³/mol. The Balaban J connectivity index is 0.00000312. The van der Waals surface area contributed by atoms with Crippen LogP contribution in [0.25, 0.3) is 0 Å². The fourth-order valence-electron chi connectivity index (χ4n) is 2.68. The Morgan fingerprint density at radius 3 is 2.48 bits per heavy atom. The summed E-state index contributed by atoms with van der Waals surface area (Å²) < 4.78 is 5.16. The number of primary amides is 1. The van der Waals surface area contributed by atoms with Crippen LogP contribution >= 0.6 is 12.4 Å². The lowest BCUT2D eigenvalue weighted by atomic mass is 10.0. The molecule has 0 bridgehead atoms. The second-order valence-corrected chi connectivity index (χ2v) is 5.81. The predicted octanol–water partition coefficient (Wildman–Crippen LogP) is 2.77. The number of ether oxygens (including phenoxy) is 1. The maximum absolute atomic E-state index is 11.4. The molecular formula is C18H24ClN3O3. The zero-order valence-corrected chi connectivity index (χ0v) is 15.2. The Morgan fingerprint density at radius 1 is 1.20 bits per heavy atom. The number of nitrogen functional groups attached to an aromatic ring is 1. The number of aromatic nitrogens is 1. The molecule has 0 radical (unpaired) electrons. The van der Waals surface area contributed by atoms with E-state index >= 15 is 0 Å². The Hall–Kier alpha value is -2.47. The number of aryl methyl sites for hydroxylation is 3. The van der Waals surface area contributed by atoms with Crippen molar-refractivity contribution in [3.63, 3.8) is 0 Å². The molecule has 0 saturated heterocycles. The van der Waals surface area contributed by atoms with Crippen LogP contribution in [0, 0.1) is 6.92 Å². The van der Waals surface area contributed by atoms with Crippen molar-refractivity contribution in [3.8, 4) is 11.5 Å². The zero-order chi connectivity index (χ0) is 17.7. The van der Waals surface area contributed by atoms with E-state index in [2.05, 4.69) is 4.98 Å². The molecule has 7 heteroatoms. The van der Waals surface area contributed by atoms with Crippen LogP contribution in [0.1, 0.15) is 40.0 Å². The third kappa shape index (κ3) is 5.53. The van der Waals surface area contributed by atoms with Gasteiger partial charge in [-0.2, -0.15) is 0 Å². The van der Waals surface area contributed by atoms with Gasteiger partial charge in [-0.15, -0.1) is 12.4 Å². The van der Waals surface area contributed by atoms with E-state index in [1.165, 1.54) is 13.2 Å². The lowest BCUT2D eigenvalue weighted by molar-refractivity contribution is 0.0997. The molecule has 1 heterocycles. The molecule has 136 valence electrons. The molecule has 0 atom stereocenters. The number of unbranched alkanes of at least 4 members (excludes halogenated alkanes) is 1. The van der Waals surface area contributed by atoms with Gasteiger partial charge >= 0.3 is 0 Å². The van der Waals surface area contributed by atoms with Gasteiger partial charge in [0, 0.05) is 5.69 Å². The van der Waals surface area contributed by atoms with Crippen molar-refractivity contribution in [2.45, 2.75) is 32.6 Å². The number of carbonyl (C=O) groups excluding carboxylic acids is 1. The van der Waals surface area contributed by atoms with Crippen LogP contribution in [-0.4, -0.2) is 23.1 Å². The van der Waals surface area contributed by atoms with Crippen LogP contribution in [-0.2, 0) is 12.8 Å². The number of hydrogen-bond acceptors (Lipinski definition) is 5. The van der Waals surface area contributed by atoms with E-state index in [4.69, 9.17) is 16.2 Å². The van der Waals surface area contributed by atoms with Crippen molar-refractivity contribution in [2.75, 3.05) is 12.8 Å². The monoisotopic (exact) mass is 365 g/mol. The molecule has 6 nitrogen and oxygen atoms in total. The van der Waals surface area contributed by atoms with E-state index < -0.39 is 5.91 Å². The first-order chi connectivity index (χ1) is 11.4. The molecule has 25 heavy (non-hydrogen) atoms. The smallest absolute Gasteiger partial charge is 0.252 e. The highest BCUT2D eigenvalue weighted by Crippen LogP contribution is 2.29. The number of nitrogens with two attached hydrogens (primary N) is 2. The van der Waals surface area contributed by atoms with Gasteiger partial charge in [-0.25, -0.2) is 4.98 Å². The fraction of sp³-hybridized carbons (Fsp3) is 0.333. The average molecular weight is 366 g/mol. The maximum atomic E-state index is 11.4. The molecule has 1 aromatic carbocycles. The molecule has 0 aliphatic carbocycles. The molecule has 2 rings (SSSR count). The van der Waals surface area contributed by atoms with Gasteiger partial charge in [-0.1, -0.05) is 0 Å². The van der Waals surface area contributed by atoms with Gasteiger partial charge in [-0.05, 0) is 68.0 Å². The van der Waals surface area contributed by atoms with Crippen molar-refractivity contribution < 1.29 is 14.6 Å². The number of hydrogen-bond donors (Lipinski definition) is 3. The maximum Gasteiger partial charge on any atom is 0.252 e. The lowest BCUT2D eigenvalue weighted by Crippen LogP contribution is -2.12. The van der Waals surface area contributed by atoms with E-state index in [0.717, 1.165) is 30.5 Å². The molecule has 1 aromatic heterocycles. The van der Waals surface area contributed by atoms with Crippen LogP contribution in [0.2, 0.25) is 0 Å². The summed E-state index contributed by atoms with van der Waals surface area (Å²) in [4.78, 5) is 15.7. The van der Waals surface area contributed by atoms with E-state index in [-0.39, 0.29) is 23.7 Å². The number of benzene rings is 1. The average Bonchev–Trinajstić information content (AvgIpc) is 2.51. The molecule has 2 aromatic rings. The van der Waals surface area contributed by atoms with Gasteiger partial charge in [0.05, 0.1) is 12.7 Å². The number of nitrogens with zero attached hydrogens (tertiary/aromatic N) is 1. The standard InChI is InChI=1S/C18H23N3O3.ClH/c1-11-7-13(21-16(19)8-11)6-4-3-5-12-9-14(24-2)10-15(17(12)22)18(20)23;/h7-10,22H,3-6H2,1-2H3,(H2,19,21)(H2,20,23);1H. The molecular weight excluding hydrogens is 342 g/mol. The molecule has 0 unspecified atom stereocenters. The van der Waals surface area contributed by atoms with Crippen molar-refractivity contribution in [3.05, 3.63) is 46.6 Å². The summed E-state index contributed by atoms with van der Waals surface area (Å²) >= 11 is 0. The molecule has 0 aliphatic heterocycles. The minimum absolute atomic E-state index is 0. The van der Waals surface area contributed by atoms with Gasteiger partial charge in [0.15, 0.2) is 0 Å². The largest absolute Gasteiger partial charge is 0.507 e. The van der Waals surface area contributed by atoms with Gasteiger partial charge in [-0.3, -0.25) is 4.79 Å². The summed E-state index contributed by atoms with van der Waals surface area (Å²) in [6.07, 6.45) is 3.14. The number of methoxy groups -OCH3 is 1.